The minimum absolute atomic E-state index is 0. The van der Waals surface area contributed by atoms with E-state index in [2.05, 4.69) is 6.92 Å². The zero-order valence-electron chi connectivity index (χ0n) is 16.0. The third-order valence-corrected chi connectivity index (χ3v) is 5.11. The second-order valence-electron chi connectivity index (χ2n) is 6.74. The molecular formula is C18H37KO4S. The molecular weight excluding hydrogens is 351 g/mol. The fraction of sp³-hybridized carbons (Fsp3) is 1.00. The van der Waals surface area contributed by atoms with Crippen LogP contribution in [0.2, 0.25) is 0 Å². The van der Waals surface area contributed by atoms with Crippen molar-refractivity contribution in [3.05, 3.63) is 0 Å². The van der Waals surface area contributed by atoms with Crippen molar-refractivity contribution in [3.63, 3.8) is 0 Å². The number of aliphatic hydroxyl groups is 1. The maximum absolute atomic E-state index is 10.4. The van der Waals surface area contributed by atoms with Gasteiger partial charge < -0.3 is 9.66 Å². The zero-order valence-corrected chi connectivity index (χ0v) is 19.9. The molecule has 0 saturated carbocycles. The van der Waals surface area contributed by atoms with E-state index in [0.717, 1.165) is 57.8 Å². The molecule has 0 amide bonds. The van der Waals surface area contributed by atoms with Crippen LogP contribution in [0.5, 0.6) is 0 Å². The van der Waals surface area contributed by atoms with E-state index in [1.54, 1.807) is 0 Å². The Hall–Kier alpha value is 1.51. The number of rotatable bonds is 17. The second kappa shape index (κ2) is 19.3. The van der Waals surface area contributed by atoms with E-state index in [4.69, 9.17) is 0 Å². The first-order chi connectivity index (χ1) is 11.0. The molecule has 24 heavy (non-hydrogen) atoms. The van der Waals surface area contributed by atoms with Gasteiger partial charge in [0, 0.05) is 5.75 Å². The standard InChI is InChI=1S/C18H38O4S.K/c1-2-3-4-5-9-12-15-18(19)16-13-10-7-6-8-11-14-17-23(20,21)22;/h18-19H,2-17H2,1H3,(H,20,21,22);/q;+1/p-1. The van der Waals surface area contributed by atoms with Crippen molar-refractivity contribution in [2.45, 2.75) is 109 Å². The SMILES string of the molecule is CCCCCCCCC(O)CCCCCCCCCS(=O)(=O)[O-].[K+]. The van der Waals surface area contributed by atoms with Crippen molar-refractivity contribution < 1.29 is 69.5 Å². The van der Waals surface area contributed by atoms with Gasteiger partial charge in [-0.15, -0.1) is 0 Å². The second-order valence-corrected chi connectivity index (χ2v) is 8.26. The molecule has 0 saturated heterocycles. The van der Waals surface area contributed by atoms with Gasteiger partial charge in [0.2, 0.25) is 0 Å². The van der Waals surface area contributed by atoms with Crippen LogP contribution in [0.3, 0.4) is 0 Å². The van der Waals surface area contributed by atoms with Crippen LogP contribution in [0.4, 0.5) is 0 Å². The van der Waals surface area contributed by atoms with E-state index in [9.17, 15) is 18.1 Å². The topological polar surface area (TPSA) is 77.4 Å². The molecule has 0 heterocycles. The van der Waals surface area contributed by atoms with Gasteiger partial charge in [-0.2, -0.15) is 0 Å². The van der Waals surface area contributed by atoms with Crippen LogP contribution >= 0.6 is 0 Å². The number of aliphatic hydroxyl groups excluding tert-OH is 1. The summed E-state index contributed by atoms with van der Waals surface area (Å²) in [4.78, 5) is 0. The number of hydrogen-bond acceptors (Lipinski definition) is 4. The minimum Gasteiger partial charge on any atom is -0.748 e. The van der Waals surface area contributed by atoms with Crippen LogP contribution in [0.15, 0.2) is 0 Å². The van der Waals surface area contributed by atoms with Gasteiger partial charge in [0.15, 0.2) is 0 Å². The van der Waals surface area contributed by atoms with Gasteiger partial charge >= 0.3 is 51.4 Å². The average molecular weight is 389 g/mol. The van der Waals surface area contributed by atoms with Crippen molar-refractivity contribution in [2.24, 2.45) is 0 Å². The summed E-state index contributed by atoms with van der Waals surface area (Å²) in [7, 11) is -4.03. The Morgan fingerprint density at radius 1 is 0.750 bits per heavy atom. The van der Waals surface area contributed by atoms with Gasteiger partial charge in [-0.05, 0) is 19.3 Å². The van der Waals surface area contributed by atoms with E-state index in [1.807, 2.05) is 0 Å². The molecule has 0 aliphatic heterocycles. The molecule has 0 aliphatic rings. The summed E-state index contributed by atoms with van der Waals surface area (Å²) < 4.78 is 31.3. The van der Waals surface area contributed by atoms with Crippen molar-refractivity contribution in [1.82, 2.24) is 0 Å². The maximum Gasteiger partial charge on any atom is 1.00 e. The Labute approximate surface area is 192 Å². The Morgan fingerprint density at radius 2 is 1.12 bits per heavy atom. The first-order valence-electron chi connectivity index (χ1n) is 9.57. The first kappa shape index (κ1) is 27.7. The quantitative estimate of drug-likeness (QED) is 0.234. The molecule has 0 aliphatic carbocycles. The number of unbranched alkanes of at least 4 members (excludes halogenated alkanes) is 11. The summed E-state index contributed by atoms with van der Waals surface area (Å²) in [5, 5.41) is 9.91. The third-order valence-electron chi connectivity index (χ3n) is 4.32. The molecule has 4 nitrogen and oxygen atoms in total. The predicted molar refractivity (Wildman–Crippen MR) is 95.5 cm³/mol. The van der Waals surface area contributed by atoms with E-state index in [0.29, 0.717) is 6.42 Å². The minimum atomic E-state index is -4.03. The fourth-order valence-electron chi connectivity index (χ4n) is 2.85. The van der Waals surface area contributed by atoms with Gasteiger partial charge in [0.1, 0.15) is 0 Å². The molecule has 0 spiro atoms. The summed E-state index contributed by atoms with van der Waals surface area (Å²) in [5.41, 5.74) is 0. The van der Waals surface area contributed by atoms with E-state index in [-0.39, 0.29) is 63.2 Å². The monoisotopic (exact) mass is 388 g/mol. The van der Waals surface area contributed by atoms with Gasteiger partial charge in [-0.1, -0.05) is 84.0 Å². The van der Waals surface area contributed by atoms with Crippen molar-refractivity contribution in [1.29, 1.82) is 0 Å². The Bertz CT molecular complexity index is 347. The van der Waals surface area contributed by atoms with E-state index in [1.165, 1.54) is 32.1 Å². The molecule has 1 atom stereocenters. The molecule has 0 aromatic rings. The Morgan fingerprint density at radius 3 is 1.54 bits per heavy atom. The first-order valence-corrected chi connectivity index (χ1v) is 11.1. The van der Waals surface area contributed by atoms with Crippen LogP contribution in [-0.2, 0) is 10.1 Å². The summed E-state index contributed by atoms with van der Waals surface area (Å²) in [5.74, 6) is -0.225. The van der Waals surface area contributed by atoms with Crippen LogP contribution in [0.25, 0.3) is 0 Å². The van der Waals surface area contributed by atoms with Gasteiger partial charge in [-0.25, -0.2) is 8.42 Å². The van der Waals surface area contributed by atoms with Crippen molar-refractivity contribution in [3.8, 4) is 0 Å². The van der Waals surface area contributed by atoms with Crippen molar-refractivity contribution in [2.75, 3.05) is 5.75 Å². The normalized spacial score (nSPS) is 12.8. The van der Waals surface area contributed by atoms with Gasteiger partial charge in [0.25, 0.3) is 0 Å². The third kappa shape index (κ3) is 23.5. The van der Waals surface area contributed by atoms with E-state index >= 15 is 0 Å². The predicted octanol–water partition coefficient (Wildman–Crippen LogP) is 1.77. The largest absolute Gasteiger partial charge is 1.00 e. The summed E-state index contributed by atoms with van der Waals surface area (Å²) in [6, 6.07) is 0. The number of hydrogen-bond donors (Lipinski definition) is 1. The van der Waals surface area contributed by atoms with Crippen LogP contribution in [0, 0.1) is 0 Å². The van der Waals surface area contributed by atoms with E-state index < -0.39 is 10.1 Å². The van der Waals surface area contributed by atoms with Crippen molar-refractivity contribution >= 4 is 10.1 Å². The molecule has 0 bridgehead atoms. The molecule has 6 heteroatoms. The average Bonchev–Trinajstić information content (AvgIpc) is 2.48. The summed E-state index contributed by atoms with van der Waals surface area (Å²) in [6.07, 6.45) is 16.1. The van der Waals surface area contributed by atoms with Crippen LogP contribution < -0.4 is 51.4 Å². The maximum atomic E-state index is 10.4. The summed E-state index contributed by atoms with van der Waals surface area (Å²) >= 11 is 0. The molecule has 140 valence electrons. The molecule has 0 aromatic heterocycles. The molecule has 0 aromatic carbocycles. The van der Waals surface area contributed by atoms with Gasteiger partial charge in [-0.3, -0.25) is 0 Å². The molecule has 1 unspecified atom stereocenters. The zero-order chi connectivity index (χ0) is 17.4. The van der Waals surface area contributed by atoms with Crippen LogP contribution in [-0.4, -0.2) is 29.9 Å². The molecule has 0 fully saturated rings. The fourth-order valence-corrected chi connectivity index (χ4v) is 3.40. The molecule has 0 radical (unpaired) electrons. The molecule has 1 N–H and O–H groups in total. The summed E-state index contributed by atoms with van der Waals surface area (Å²) in [6.45, 7) is 2.22. The Balaban J connectivity index is 0. The molecule has 0 rings (SSSR count). The van der Waals surface area contributed by atoms with Crippen LogP contribution in [0.1, 0.15) is 103 Å². The smallest absolute Gasteiger partial charge is 0.748 e. The van der Waals surface area contributed by atoms with Gasteiger partial charge in [0.05, 0.1) is 16.2 Å². The Kier molecular flexibility index (Phi) is 22.3.